The molecule has 19 heavy (non-hydrogen) atoms. The molecule has 0 saturated heterocycles. The first kappa shape index (κ1) is 11.4. The van der Waals surface area contributed by atoms with Crippen molar-refractivity contribution in [3.8, 4) is 21.6 Å². The molecule has 2 aromatic carbocycles. The van der Waals surface area contributed by atoms with Crippen LogP contribution >= 0.6 is 27.3 Å². The maximum Gasteiger partial charge on any atom is 0.0705 e. The maximum absolute atomic E-state index is 3.56. The molecule has 0 spiro atoms. The fourth-order valence-corrected chi connectivity index (χ4v) is 4.29. The molecule has 0 fully saturated rings. The quantitative estimate of drug-likeness (QED) is 0.418. The third-order valence-corrected chi connectivity index (χ3v) is 5.35. The first-order valence-electron chi connectivity index (χ1n) is 6.29. The van der Waals surface area contributed by atoms with Crippen molar-refractivity contribution >= 4 is 27.3 Å². The lowest BCUT2D eigenvalue weighted by Gasteiger charge is -2.06. The van der Waals surface area contributed by atoms with Crippen molar-refractivity contribution in [2.75, 3.05) is 0 Å². The topological polar surface area (TPSA) is 0 Å². The van der Waals surface area contributed by atoms with Gasteiger partial charge in [0.1, 0.15) is 0 Å². The first-order valence-corrected chi connectivity index (χ1v) is 7.90. The van der Waals surface area contributed by atoms with E-state index in [1.54, 1.807) is 11.3 Å². The fraction of sp³-hybridized carbons (Fsp3) is 0.0588. The van der Waals surface area contributed by atoms with Crippen LogP contribution in [0.5, 0.6) is 0 Å². The number of thiophene rings is 1. The molecule has 1 heterocycles. The normalized spacial score (nSPS) is 12.3. The van der Waals surface area contributed by atoms with Crippen molar-refractivity contribution in [3.05, 3.63) is 69.5 Å². The van der Waals surface area contributed by atoms with Crippen molar-refractivity contribution < 1.29 is 0 Å². The van der Waals surface area contributed by atoms with Crippen LogP contribution in [0.2, 0.25) is 0 Å². The van der Waals surface area contributed by atoms with Gasteiger partial charge in [0, 0.05) is 4.88 Å². The predicted octanol–water partition coefficient (Wildman–Crippen LogP) is 5.75. The first-order chi connectivity index (χ1) is 9.33. The monoisotopic (exact) mass is 326 g/mol. The van der Waals surface area contributed by atoms with Gasteiger partial charge in [0.2, 0.25) is 0 Å². The van der Waals surface area contributed by atoms with Gasteiger partial charge in [-0.1, -0.05) is 42.5 Å². The van der Waals surface area contributed by atoms with E-state index in [1.807, 2.05) is 0 Å². The zero-order chi connectivity index (χ0) is 12.8. The average Bonchev–Trinajstić information content (AvgIpc) is 3.02. The number of hydrogen-bond acceptors (Lipinski definition) is 1. The van der Waals surface area contributed by atoms with Crippen LogP contribution in [0.1, 0.15) is 11.1 Å². The highest BCUT2D eigenvalue weighted by Crippen LogP contribution is 2.43. The molecule has 4 rings (SSSR count). The molecule has 0 saturated carbocycles. The molecule has 0 aliphatic heterocycles. The average molecular weight is 327 g/mol. The van der Waals surface area contributed by atoms with Crippen LogP contribution in [0.4, 0.5) is 0 Å². The molecule has 0 amide bonds. The molecule has 2 heteroatoms. The summed E-state index contributed by atoms with van der Waals surface area (Å²) < 4.78 is 1.19. The Bertz CT molecular complexity index is 770. The summed E-state index contributed by atoms with van der Waals surface area (Å²) in [6.07, 6.45) is 1.05. The molecular formula is C17H11BrS. The van der Waals surface area contributed by atoms with E-state index in [0.29, 0.717) is 0 Å². The molecule has 92 valence electrons. The van der Waals surface area contributed by atoms with E-state index in [-0.39, 0.29) is 0 Å². The van der Waals surface area contributed by atoms with E-state index >= 15 is 0 Å². The maximum atomic E-state index is 3.56. The van der Waals surface area contributed by atoms with Crippen LogP contribution in [0, 0.1) is 0 Å². The van der Waals surface area contributed by atoms with Crippen LogP contribution in [-0.2, 0) is 6.42 Å². The van der Waals surface area contributed by atoms with Gasteiger partial charge in [-0.2, -0.15) is 0 Å². The van der Waals surface area contributed by atoms with Crippen molar-refractivity contribution in [3.63, 3.8) is 0 Å². The van der Waals surface area contributed by atoms with Gasteiger partial charge in [0.25, 0.3) is 0 Å². The smallest absolute Gasteiger partial charge is 0.0705 e. The third-order valence-electron chi connectivity index (χ3n) is 3.69. The van der Waals surface area contributed by atoms with Crippen molar-refractivity contribution in [2.24, 2.45) is 0 Å². The second-order valence-electron chi connectivity index (χ2n) is 4.77. The molecule has 0 atom stereocenters. The van der Waals surface area contributed by atoms with E-state index in [2.05, 4.69) is 70.5 Å². The summed E-state index contributed by atoms with van der Waals surface area (Å²) in [7, 11) is 0. The van der Waals surface area contributed by atoms with Crippen LogP contribution in [-0.4, -0.2) is 0 Å². The number of benzene rings is 2. The molecule has 1 aliphatic carbocycles. The Morgan fingerprint density at radius 1 is 0.789 bits per heavy atom. The third kappa shape index (κ3) is 1.78. The highest BCUT2D eigenvalue weighted by molar-refractivity contribution is 9.11. The number of halogens is 1. The fourth-order valence-electron chi connectivity index (χ4n) is 2.85. The Morgan fingerprint density at radius 2 is 1.58 bits per heavy atom. The zero-order valence-electron chi connectivity index (χ0n) is 10.2. The van der Waals surface area contributed by atoms with Gasteiger partial charge in [-0.25, -0.2) is 0 Å². The zero-order valence-corrected chi connectivity index (χ0v) is 12.6. The Kier molecular flexibility index (Phi) is 2.61. The summed E-state index contributed by atoms with van der Waals surface area (Å²) >= 11 is 5.36. The largest absolute Gasteiger partial charge is 0.128 e. The predicted molar refractivity (Wildman–Crippen MR) is 85.7 cm³/mol. The second-order valence-corrected chi connectivity index (χ2v) is 7.23. The minimum Gasteiger partial charge on any atom is -0.128 e. The highest BCUT2D eigenvalue weighted by atomic mass is 79.9. The highest BCUT2D eigenvalue weighted by Gasteiger charge is 2.21. The van der Waals surface area contributed by atoms with Crippen LogP contribution in [0.3, 0.4) is 0 Å². The van der Waals surface area contributed by atoms with E-state index in [1.165, 1.54) is 36.5 Å². The van der Waals surface area contributed by atoms with Gasteiger partial charge < -0.3 is 0 Å². The van der Waals surface area contributed by atoms with Gasteiger partial charge in [0.15, 0.2) is 0 Å². The van der Waals surface area contributed by atoms with Gasteiger partial charge in [-0.3, -0.25) is 0 Å². The Labute approximate surface area is 124 Å². The SMILES string of the molecule is Brc1ccc(-c2cccc3c2Cc2ccccc2-3)s1. The Morgan fingerprint density at radius 3 is 2.42 bits per heavy atom. The van der Waals surface area contributed by atoms with E-state index in [9.17, 15) is 0 Å². The standard InChI is InChI=1S/C17H11BrS/c18-17-9-8-16(19-17)14-7-3-6-13-12-5-2-1-4-11(12)10-15(13)14/h1-9H,10H2. The van der Waals surface area contributed by atoms with Crippen molar-refractivity contribution in [1.29, 1.82) is 0 Å². The summed E-state index contributed by atoms with van der Waals surface area (Å²) in [5.41, 5.74) is 7.09. The van der Waals surface area contributed by atoms with Gasteiger partial charge in [-0.15, -0.1) is 11.3 Å². The molecule has 0 N–H and O–H groups in total. The minimum absolute atomic E-state index is 1.05. The molecular weight excluding hydrogens is 316 g/mol. The molecule has 1 aromatic heterocycles. The van der Waals surface area contributed by atoms with Crippen LogP contribution in [0.15, 0.2) is 58.4 Å². The van der Waals surface area contributed by atoms with Crippen LogP contribution in [0.25, 0.3) is 21.6 Å². The molecule has 3 aromatic rings. The lowest BCUT2D eigenvalue weighted by Crippen LogP contribution is -1.85. The van der Waals surface area contributed by atoms with Crippen LogP contribution < -0.4 is 0 Å². The Hall–Kier alpha value is -1.38. The number of rotatable bonds is 1. The lowest BCUT2D eigenvalue weighted by molar-refractivity contribution is 1.27. The molecule has 0 radical (unpaired) electrons. The second kappa shape index (κ2) is 4.32. The van der Waals surface area contributed by atoms with E-state index in [0.717, 1.165) is 6.42 Å². The molecule has 0 nitrogen and oxygen atoms in total. The molecule has 1 aliphatic rings. The summed E-state index contributed by atoms with van der Waals surface area (Å²) in [4.78, 5) is 1.34. The molecule has 0 unspecified atom stereocenters. The summed E-state index contributed by atoms with van der Waals surface area (Å²) in [5, 5.41) is 0. The summed E-state index contributed by atoms with van der Waals surface area (Å²) in [6, 6.07) is 19.7. The van der Waals surface area contributed by atoms with E-state index < -0.39 is 0 Å². The van der Waals surface area contributed by atoms with Crippen molar-refractivity contribution in [1.82, 2.24) is 0 Å². The molecule has 0 bridgehead atoms. The summed E-state index contributed by atoms with van der Waals surface area (Å²) in [6.45, 7) is 0. The van der Waals surface area contributed by atoms with Gasteiger partial charge in [-0.05, 0) is 62.3 Å². The summed E-state index contributed by atoms with van der Waals surface area (Å²) in [5.74, 6) is 0. The number of fused-ring (bicyclic) bond motifs is 3. The number of hydrogen-bond donors (Lipinski definition) is 0. The van der Waals surface area contributed by atoms with Crippen molar-refractivity contribution in [2.45, 2.75) is 6.42 Å². The van der Waals surface area contributed by atoms with Gasteiger partial charge in [0.05, 0.1) is 3.79 Å². The van der Waals surface area contributed by atoms with Gasteiger partial charge >= 0.3 is 0 Å². The lowest BCUT2D eigenvalue weighted by atomic mass is 10.0. The Balaban J connectivity index is 1.94. The van der Waals surface area contributed by atoms with E-state index in [4.69, 9.17) is 0 Å². The minimum atomic E-state index is 1.05.